The standard InChI is InChI=1S/C13H14N2O/c1-16-10-5-2-4-9(8-10)11-6-3-7-12(14)13(11)15/h2-8H,14-15H2,1H3. The smallest absolute Gasteiger partial charge is 0.119 e. The van der Waals surface area contributed by atoms with Crippen LogP contribution in [0.2, 0.25) is 0 Å². The van der Waals surface area contributed by atoms with Gasteiger partial charge in [-0.2, -0.15) is 0 Å². The molecule has 0 bridgehead atoms. The Kier molecular flexibility index (Phi) is 2.68. The Morgan fingerprint density at radius 3 is 2.50 bits per heavy atom. The van der Waals surface area contributed by atoms with Crippen LogP contribution in [0.15, 0.2) is 42.5 Å². The molecule has 0 heterocycles. The first-order chi connectivity index (χ1) is 7.72. The molecule has 3 nitrogen and oxygen atoms in total. The summed E-state index contributed by atoms with van der Waals surface area (Å²) < 4.78 is 5.17. The second-order valence-electron chi connectivity index (χ2n) is 3.54. The average Bonchev–Trinajstić information content (AvgIpc) is 2.33. The van der Waals surface area contributed by atoms with Crippen molar-refractivity contribution < 1.29 is 4.74 Å². The van der Waals surface area contributed by atoms with E-state index in [9.17, 15) is 0 Å². The van der Waals surface area contributed by atoms with Gasteiger partial charge in [0, 0.05) is 5.56 Å². The van der Waals surface area contributed by atoms with Crippen LogP contribution in [0.3, 0.4) is 0 Å². The molecule has 2 aromatic carbocycles. The summed E-state index contributed by atoms with van der Waals surface area (Å²) in [5, 5.41) is 0. The first kappa shape index (κ1) is 10.4. The molecule has 0 unspecified atom stereocenters. The lowest BCUT2D eigenvalue weighted by atomic mass is 10.0. The van der Waals surface area contributed by atoms with Crippen molar-refractivity contribution in [2.75, 3.05) is 18.6 Å². The largest absolute Gasteiger partial charge is 0.497 e. The van der Waals surface area contributed by atoms with Crippen LogP contribution in [0.25, 0.3) is 11.1 Å². The summed E-state index contributed by atoms with van der Waals surface area (Å²) in [6.07, 6.45) is 0. The monoisotopic (exact) mass is 214 g/mol. The molecule has 2 aromatic rings. The van der Waals surface area contributed by atoms with E-state index < -0.39 is 0 Å². The Balaban J connectivity index is 2.54. The predicted octanol–water partition coefficient (Wildman–Crippen LogP) is 2.53. The third kappa shape index (κ3) is 1.80. The Labute approximate surface area is 94.6 Å². The zero-order valence-corrected chi connectivity index (χ0v) is 9.10. The van der Waals surface area contributed by atoms with Gasteiger partial charge in [0.05, 0.1) is 18.5 Å². The van der Waals surface area contributed by atoms with Gasteiger partial charge in [-0.1, -0.05) is 24.3 Å². The molecular formula is C13H14N2O. The van der Waals surface area contributed by atoms with Crippen molar-refractivity contribution in [3.05, 3.63) is 42.5 Å². The molecule has 0 aliphatic carbocycles. The number of hydrogen-bond donors (Lipinski definition) is 2. The molecular weight excluding hydrogens is 200 g/mol. The molecule has 2 rings (SSSR count). The van der Waals surface area contributed by atoms with Crippen LogP contribution in [-0.2, 0) is 0 Å². The molecule has 82 valence electrons. The molecule has 0 aromatic heterocycles. The Hall–Kier alpha value is -2.16. The van der Waals surface area contributed by atoms with E-state index in [4.69, 9.17) is 16.2 Å². The number of rotatable bonds is 2. The summed E-state index contributed by atoms with van der Waals surface area (Å²) in [4.78, 5) is 0. The zero-order valence-electron chi connectivity index (χ0n) is 9.10. The minimum atomic E-state index is 0.598. The maximum atomic E-state index is 5.94. The summed E-state index contributed by atoms with van der Waals surface area (Å²) >= 11 is 0. The summed E-state index contributed by atoms with van der Waals surface area (Å²) in [5.74, 6) is 0.805. The lowest BCUT2D eigenvalue weighted by molar-refractivity contribution is 0.415. The van der Waals surface area contributed by atoms with Crippen molar-refractivity contribution >= 4 is 11.4 Å². The van der Waals surface area contributed by atoms with Crippen molar-refractivity contribution in [1.82, 2.24) is 0 Å². The molecule has 3 heteroatoms. The third-order valence-corrected chi connectivity index (χ3v) is 2.52. The van der Waals surface area contributed by atoms with Gasteiger partial charge in [-0.15, -0.1) is 0 Å². The van der Waals surface area contributed by atoms with Crippen LogP contribution >= 0.6 is 0 Å². The van der Waals surface area contributed by atoms with Crippen LogP contribution < -0.4 is 16.2 Å². The lowest BCUT2D eigenvalue weighted by Gasteiger charge is -2.09. The number of nitrogens with two attached hydrogens (primary N) is 2. The van der Waals surface area contributed by atoms with Gasteiger partial charge in [0.25, 0.3) is 0 Å². The van der Waals surface area contributed by atoms with Crippen LogP contribution in [0.4, 0.5) is 11.4 Å². The van der Waals surface area contributed by atoms with Crippen LogP contribution in [0.5, 0.6) is 5.75 Å². The summed E-state index contributed by atoms with van der Waals surface area (Å²) in [7, 11) is 1.64. The number of para-hydroxylation sites is 1. The average molecular weight is 214 g/mol. The van der Waals surface area contributed by atoms with Gasteiger partial charge in [0.2, 0.25) is 0 Å². The molecule has 0 fully saturated rings. The van der Waals surface area contributed by atoms with Crippen molar-refractivity contribution in [2.45, 2.75) is 0 Å². The topological polar surface area (TPSA) is 61.3 Å². The van der Waals surface area contributed by atoms with Crippen molar-refractivity contribution in [2.24, 2.45) is 0 Å². The van der Waals surface area contributed by atoms with E-state index in [1.54, 1.807) is 13.2 Å². The van der Waals surface area contributed by atoms with E-state index in [-0.39, 0.29) is 0 Å². The summed E-state index contributed by atoms with van der Waals surface area (Å²) in [6.45, 7) is 0. The van der Waals surface area contributed by atoms with E-state index in [0.717, 1.165) is 16.9 Å². The fourth-order valence-corrected chi connectivity index (χ4v) is 1.63. The van der Waals surface area contributed by atoms with Crippen LogP contribution in [0, 0.1) is 0 Å². The number of methoxy groups -OCH3 is 1. The quantitative estimate of drug-likeness (QED) is 0.755. The maximum absolute atomic E-state index is 5.94. The molecule has 0 aliphatic rings. The summed E-state index contributed by atoms with van der Waals surface area (Å²) in [6, 6.07) is 13.4. The van der Waals surface area contributed by atoms with Crippen molar-refractivity contribution in [3.8, 4) is 16.9 Å². The Bertz CT molecular complexity index is 509. The number of nitrogen functional groups attached to an aromatic ring is 2. The molecule has 0 spiro atoms. The van der Waals surface area contributed by atoms with Gasteiger partial charge in [-0.25, -0.2) is 0 Å². The van der Waals surface area contributed by atoms with E-state index in [1.165, 1.54) is 0 Å². The second-order valence-corrected chi connectivity index (χ2v) is 3.54. The number of anilines is 2. The molecule has 0 atom stereocenters. The van der Waals surface area contributed by atoms with Gasteiger partial charge in [0.15, 0.2) is 0 Å². The minimum absolute atomic E-state index is 0.598. The normalized spacial score (nSPS) is 10.1. The molecule has 0 amide bonds. The zero-order chi connectivity index (χ0) is 11.5. The van der Waals surface area contributed by atoms with Crippen molar-refractivity contribution in [3.63, 3.8) is 0 Å². The van der Waals surface area contributed by atoms with E-state index >= 15 is 0 Å². The van der Waals surface area contributed by atoms with Gasteiger partial charge in [-0.05, 0) is 23.8 Å². The molecule has 0 saturated heterocycles. The highest BCUT2D eigenvalue weighted by atomic mass is 16.5. The highest BCUT2D eigenvalue weighted by Crippen LogP contribution is 2.31. The van der Waals surface area contributed by atoms with E-state index in [0.29, 0.717) is 11.4 Å². The number of ether oxygens (including phenoxy) is 1. The lowest BCUT2D eigenvalue weighted by Crippen LogP contribution is -1.96. The minimum Gasteiger partial charge on any atom is -0.497 e. The van der Waals surface area contributed by atoms with Gasteiger partial charge in [0.1, 0.15) is 5.75 Å². The van der Waals surface area contributed by atoms with Crippen LogP contribution in [-0.4, -0.2) is 7.11 Å². The Morgan fingerprint density at radius 2 is 1.75 bits per heavy atom. The van der Waals surface area contributed by atoms with Gasteiger partial charge >= 0.3 is 0 Å². The highest BCUT2D eigenvalue weighted by Gasteiger charge is 2.05. The molecule has 0 radical (unpaired) electrons. The van der Waals surface area contributed by atoms with E-state index in [2.05, 4.69) is 0 Å². The number of benzene rings is 2. The first-order valence-corrected chi connectivity index (χ1v) is 5.01. The van der Waals surface area contributed by atoms with Crippen molar-refractivity contribution in [1.29, 1.82) is 0 Å². The van der Waals surface area contributed by atoms with Gasteiger partial charge in [-0.3, -0.25) is 0 Å². The predicted molar refractivity (Wildman–Crippen MR) is 67.3 cm³/mol. The molecule has 16 heavy (non-hydrogen) atoms. The highest BCUT2D eigenvalue weighted by molar-refractivity contribution is 5.84. The van der Waals surface area contributed by atoms with Crippen LogP contribution in [0.1, 0.15) is 0 Å². The van der Waals surface area contributed by atoms with Gasteiger partial charge < -0.3 is 16.2 Å². The molecule has 4 N–H and O–H groups in total. The van der Waals surface area contributed by atoms with E-state index in [1.807, 2.05) is 36.4 Å². The second kappa shape index (κ2) is 4.14. The fourth-order valence-electron chi connectivity index (χ4n) is 1.63. The number of hydrogen-bond acceptors (Lipinski definition) is 3. The first-order valence-electron chi connectivity index (χ1n) is 5.01. The molecule has 0 aliphatic heterocycles. The third-order valence-electron chi connectivity index (χ3n) is 2.52. The fraction of sp³-hybridized carbons (Fsp3) is 0.0769. The molecule has 0 saturated carbocycles. The summed E-state index contributed by atoms with van der Waals surface area (Å²) in [5.41, 5.74) is 14.9. The maximum Gasteiger partial charge on any atom is 0.119 e. The SMILES string of the molecule is COc1cccc(-c2cccc(N)c2N)c1. The Morgan fingerprint density at radius 1 is 1.00 bits per heavy atom.